The van der Waals surface area contributed by atoms with Gasteiger partial charge in [-0.2, -0.15) is 0 Å². The molecule has 2 aromatic rings. The van der Waals surface area contributed by atoms with Crippen molar-refractivity contribution in [2.75, 3.05) is 27.2 Å². The second-order valence-electron chi connectivity index (χ2n) is 6.55. The van der Waals surface area contributed by atoms with E-state index in [-0.39, 0.29) is 11.8 Å². The standard InChI is InChI=1S/C17H23N3O2/c1-11(2)16-18-14-9-12(5-6-15(14)22-16)17(21)20-8-7-13(10-20)19(3)4/h5-6,9,11,13H,7-8,10H2,1-4H3/t13-/m1/s1. The zero-order valence-corrected chi connectivity index (χ0v) is 13.7. The zero-order chi connectivity index (χ0) is 15.9. The summed E-state index contributed by atoms with van der Waals surface area (Å²) in [5.41, 5.74) is 2.20. The summed E-state index contributed by atoms with van der Waals surface area (Å²) in [5.74, 6) is 1.04. The summed E-state index contributed by atoms with van der Waals surface area (Å²) in [6.45, 7) is 5.69. The predicted octanol–water partition coefficient (Wildman–Crippen LogP) is 2.73. The van der Waals surface area contributed by atoms with Crippen molar-refractivity contribution in [2.24, 2.45) is 0 Å². The van der Waals surface area contributed by atoms with E-state index in [0.29, 0.717) is 17.5 Å². The van der Waals surface area contributed by atoms with Gasteiger partial charge in [-0.15, -0.1) is 0 Å². The van der Waals surface area contributed by atoms with Gasteiger partial charge in [0.05, 0.1) is 0 Å². The lowest BCUT2D eigenvalue weighted by Gasteiger charge is -2.20. The van der Waals surface area contributed by atoms with Crippen LogP contribution in [0.15, 0.2) is 22.6 Å². The smallest absolute Gasteiger partial charge is 0.253 e. The lowest BCUT2D eigenvalue weighted by atomic mass is 10.2. The Labute approximate surface area is 130 Å². The number of amides is 1. The topological polar surface area (TPSA) is 49.6 Å². The molecule has 0 unspecified atom stereocenters. The lowest BCUT2D eigenvalue weighted by molar-refractivity contribution is 0.0783. The van der Waals surface area contributed by atoms with Crippen molar-refractivity contribution in [3.05, 3.63) is 29.7 Å². The van der Waals surface area contributed by atoms with Gasteiger partial charge in [-0.3, -0.25) is 4.79 Å². The molecule has 1 aromatic heterocycles. The van der Waals surface area contributed by atoms with Crippen LogP contribution in [0.5, 0.6) is 0 Å². The molecule has 1 aliphatic rings. The second-order valence-corrected chi connectivity index (χ2v) is 6.55. The number of rotatable bonds is 3. The van der Waals surface area contributed by atoms with Gasteiger partial charge in [0.15, 0.2) is 11.5 Å². The highest BCUT2D eigenvalue weighted by molar-refractivity contribution is 5.97. The number of likely N-dealkylation sites (N-methyl/N-ethyl adjacent to an activating group) is 1. The van der Waals surface area contributed by atoms with Crippen molar-refractivity contribution >= 4 is 17.0 Å². The number of hydrogen-bond donors (Lipinski definition) is 0. The van der Waals surface area contributed by atoms with E-state index in [2.05, 4.69) is 24.0 Å². The van der Waals surface area contributed by atoms with E-state index in [1.165, 1.54) is 0 Å². The number of aromatic nitrogens is 1. The van der Waals surface area contributed by atoms with E-state index in [9.17, 15) is 4.79 Å². The number of likely N-dealkylation sites (tertiary alicyclic amines) is 1. The fourth-order valence-electron chi connectivity index (χ4n) is 2.86. The minimum absolute atomic E-state index is 0.0837. The molecule has 22 heavy (non-hydrogen) atoms. The average molecular weight is 301 g/mol. The molecule has 0 aliphatic carbocycles. The van der Waals surface area contributed by atoms with Crippen LogP contribution >= 0.6 is 0 Å². The van der Waals surface area contributed by atoms with Gasteiger partial charge >= 0.3 is 0 Å². The number of hydrogen-bond acceptors (Lipinski definition) is 4. The number of oxazole rings is 1. The first-order chi connectivity index (χ1) is 10.5. The van der Waals surface area contributed by atoms with E-state index < -0.39 is 0 Å². The third-order valence-corrected chi connectivity index (χ3v) is 4.33. The average Bonchev–Trinajstić information content (AvgIpc) is 3.12. The second kappa shape index (κ2) is 5.72. The maximum Gasteiger partial charge on any atom is 0.253 e. The van der Waals surface area contributed by atoms with Crippen LogP contribution in [0.4, 0.5) is 0 Å². The van der Waals surface area contributed by atoms with Crippen molar-refractivity contribution < 1.29 is 9.21 Å². The van der Waals surface area contributed by atoms with Crippen molar-refractivity contribution in [2.45, 2.75) is 32.2 Å². The van der Waals surface area contributed by atoms with Crippen molar-refractivity contribution in [3.63, 3.8) is 0 Å². The molecule has 1 atom stereocenters. The fraction of sp³-hybridized carbons (Fsp3) is 0.529. The molecule has 1 amide bonds. The highest BCUT2D eigenvalue weighted by atomic mass is 16.3. The molecule has 0 bridgehead atoms. The Balaban J connectivity index is 1.82. The predicted molar refractivity (Wildman–Crippen MR) is 86.1 cm³/mol. The summed E-state index contributed by atoms with van der Waals surface area (Å²) in [6, 6.07) is 5.98. The summed E-state index contributed by atoms with van der Waals surface area (Å²) < 4.78 is 5.70. The Hall–Kier alpha value is -1.88. The van der Waals surface area contributed by atoms with Gasteiger partial charge in [-0.05, 0) is 38.7 Å². The van der Waals surface area contributed by atoms with Gasteiger partial charge in [0.2, 0.25) is 0 Å². The Kier molecular flexibility index (Phi) is 3.91. The maximum absolute atomic E-state index is 12.6. The molecule has 0 saturated carbocycles. The minimum atomic E-state index is 0.0837. The van der Waals surface area contributed by atoms with Gasteiger partial charge in [-0.1, -0.05) is 13.8 Å². The molecule has 1 saturated heterocycles. The molecule has 5 nitrogen and oxygen atoms in total. The van der Waals surface area contributed by atoms with Gasteiger partial charge < -0.3 is 14.2 Å². The third kappa shape index (κ3) is 2.73. The first-order valence-corrected chi connectivity index (χ1v) is 7.82. The van der Waals surface area contributed by atoms with Gasteiger partial charge in [0.1, 0.15) is 5.52 Å². The lowest BCUT2D eigenvalue weighted by Crippen LogP contribution is -2.34. The van der Waals surface area contributed by atoms with Crippen molar-refractivity contribution in [3.8, 4) is 0 Å². The highest BCUT2D eigenvalue weighted by Crippen LogP contribution is 2.23. The molecule has 1 fully saturated rings. The molecule has 1 aromatic carbocycles. The monoisotopic (exact) mass is 301 g/mol. The number of nitrogens with zero attached hydrogens (tertiary/aromatic N) is 3. The molecule has 0 N–H and O–H groups in total. The Morgan fingerprint density at radius 1 is 1.41 bits per heavy atom. The van der Waals surface area contributed by atoms with Crippen LogP contribution in [0.2, 0.25) is 0 Å². The number of carbonyl (C=O) groups is 1. The van der Waals surface area contributed by atoms with E-state index >= 15 is 0 Å². The van der Waals surface area contributed by atoms with Crippen LogP contribution in [0.25, 0.3) is 11.1 Å². The Morgan fingerprint density at radius 2 is 2.18 bits per heavy atom. The first-order valence-electron chi connectivity index (χ1n) is 7.82. The molecule has 1 aliphatic heterocycles. The van der Waals surface area contributed by atoms with E-state index in [0.717, 1.165) is 30.6 Å². The number of fused-ring (bicyclic) bond motifs is 1. The normalized spacial score (nSPS) is 18.8. The van der Waals surface area contributed by atoms with Crippen molar-refractivity contribution in [1.29, 1.82) is 0 Å². The zero-order valence-electron chi connectivity index (χ0n) is 13.7. The Bertz CT molecular complexity index is 690. The van der Waals surface area contributed by atoms with Crippen molar-refractivity contribution in [1.82, 2.24) is 14.8 Å². The third-order valence-electron chi connectivity index (χ3n) is 4.33. The fourth-order valence-corrected chi connectivity index (χ4v) is 2.86. The summed E-state index contributed by atoms with van der Waals surface area (Å²) in [7, 11) is 4.13. The van der Waals surface area contributed by atoms with E-state index in [1.807, 2.05) is 36.9 Å². The highest BCUT2D eigenvalue weighted by Gasteiger charge is 2.28. The van der Waals surface area contributed by atoms with Gasteiger partial charge in [0.25, 0.3) is 5.91 Å². The SMILES string of the molecule is CC(C)c1nc2cc(C(=O)N3CC[C@@H](N(C)C)C3)ccc2o1. The minimum Gasteiger partial charge on any atom is -0.440 e. The van der Waals surface area contributed by atoms with Crippen LogP contribution in [-0.2, 0) is 0 Å². The molecule has 5 heteroatoms. The van der Waals surface area contributed by atoms with E-state index in [4.69, 9.17) is 4.42 Å². The van der Waals surface area contributed by atoms with Crippen LogP contribution in [0.1, 0.15) is 42.4 Å². The molecule has 3 rings (SSSR count). The summed E-state index contributed by atoms with van der Waals surface area (Å²) in [4.78, 5) is 21.2. The summed E-state index contributed by atoms with van der Waals surface area (Å²) >= 11 is 0. The van der Waals surface area contributed by atoms with Gasteiger partial charge in [-0.25, -0.2) is 4.98 Å². The quantitative estimate of drug-likeness (QED) is 0.874. The molecule has 0 spiro atoms. The molecule has 118 valence electrons. The van der Waals surface area contributed by atoms with Crippen LogP contribution in [0.3, 0.4) is 0 Å². The molecular formula is C17H23N3O2. The molecular weight excluding hydrogens is 278 g/mol. The van der Waals surface area contributed by atoms with Crippen LogP contribution in [0, 0.1) is 0 Å². The summed E-state index contributed by atoms with van der Waals surface area (Å²) in [6.07, 6.45) is 1.03. The first kappa shape index (κ1) is 15.0. The Morgan fingerprint density at radius 3 is 2.82 bits per heavy atom. The maximum atomic E-state index is 12.6. The largest absolute Gasteiger partial charge is 0.440 e. The summed E-state index contributed by atoms with van der Waals surface area (Å²) in [5, 5.41) is 0. The van der Waals surface area contributed by atoms with Gasteiger partial charge in [0, 0.05) is 30.6 Å². The molecule has 2 heterocycles. The molecule has 0 radical (unpaired) electrons. The number of benzene rings is 1. The van der Waals surface area contributed by atoms with E-state index in [1.54, 1.807) is 0 Å². The number of carbonyl (C=O) groups excluding carboxylic acids is 1. The van der Waals surface area contributed by atoms with Crippen LogP contribution < -0.4 is 0 Å². The van der Waals surface area contributed by atoms with Crippen LogP contribution in [-0.4, -0.2) is 53.9 Å².